The van der Waals surface area contributed by atoms with Gasteiger partial charge in [0.05, 0.1) is 5.69 Å². The molecular weight excluding hydrogens is 196 g/mol. The van der Waals surface area contributed by atoms with Crippen LogP contribution >= 0.6 is 0 Å². The molecule has 3 aromatic rings. The zero-order valence-corrected chi connectivity index (χ0v) is 8.67. The Hall–Kier alpha value is -2.22. The largest absolute Gasteiger partial charge is 0.159 e. The molecule has 0 atom stereocenters. The monoisotopic (exact) mass is 206 g/mol. The summed E-state index contributed by atoms with van der Waals surface area (Å²) in [6.45, 7) is 0. The zero-order chi connectivity index (χ0) is 10.8. The van der Waals surface area contributed by atoms with E-state index in [2.05, 4.69) is 40.5 Å². The van der Waals surface area contributed by atoms with Crippen molar-refractivity contribution in [2.45, 2.75) is 0 Å². The zero-order valence-electron chi connectivity index (χ0n) is 8.67. The lowest BCUT2D eigenvalue weighted by atomic mass is 10.1. The summed E-state index contributed by atoms with van der Waals surface area (Å²) in [4.78, 5) is 0. The highest BCUT2D eigenvalue weighted by atomic mass is 15.1. The first-order valence-electron chi connectivity index (χ1n) is 5.20. The smallest absolute Gasteiger partial charge is 0.0929 e. The van der Waals surface area contributed by atoms with E-state index < -0.39 is 0 Å². The molecule has 2 heteroatoms. The van der Waals surface area contributed by atoms with E-state index in [-0.39, 0.29) is 0 Å². The molecule has 2 aromatic carbocycles. The maximum atomic E-state index is 4.11. The van der Waals surface area contributed by atoms with E-state index in [1.165, 1.54) is 10.8 Å². The minimum atomic E-state index is 0.910. The fraction of sp³-hybridized carbons (Fsp3) is 0. The van der Waals surface area contributed by atoms with Crippen LogP contribution in [-0.4, -0.2) is 10.2 Å². The van der Waals surface area contributed by atoms with Crippen LogP contribution in [0.2, 0.25) is 0 Å². The van der Waals surface area contributed by atoms with Crippen molar-refractivity contribution in [2.75, 3.05) is 0 Å². The van der Waals surface area contributed by atoms with E-state index in [9.17, 15) is 0 Å². The van der Waals surface area contributed by atoms with Gasteiger partial charge in [0.1, 0.15) is 0 Å². The fourth-order valence-corrected chi connectivity index (χ4v) is 1.80. The van der Waals surface area contributed by atoms with E-state index >= 15 is 0 Å². The molecule has 0 aliphatic carbocycles. The average molecular weight is 206 g/mol. The second-order valence-electron chi connectivity index (χ2n) is 3.67. The van der Waals surface area contributed by atoms with Gasteiger partial charge in [0.2, 0.25) is 0 Å². The van der Waals surface area contributed by atoms with Crippen LogP contribution in [0.15, 0.2) is 60.8 Å². The third-order valence-electron chi connectivity index (χ3n) is 2.62. The number of hydrogen-bond donors (Lipinski definition) is 0. The van der Waals surface area contributed by atoms with Crippen molar-refractivity contribution in [3.05, 3.63) is 60.8 Å². The Morgan fingerprint density at radius 1 is 0.750 bits per heavy atom. The van der Waals surface area contributed by atoms with Gasteiger partial charge >= 0.3 is 0 Å². The van der Waals surface area contributed by atoms with Crippen molar-refractivity contribution in [2.24, 2.45) is 0 Å². The van der Waals surface area contributed by atoms with E-state index in [4.69, 9.17) is 0 Å². The number of fused-ring (bicyclic) bond motifs is 1. The van der Waals surface area contributed by atoms with Crippen LogP contribution in [0.5, 0.6) is 0 Å². The van der Waals surface area contributed by atoms with Crippen molar-refractivity contribution in [1.29, 1.82) is 0 Å². The molecule has 1 heterocycles. The van der Waals surface area contributed by atoms with Gasteiger partial charge in [-0.3, -0.25) is 0 Å². The number of hydrogen-bond acceptors (Lipinski definition) is 2. The minimum Gasteiger partial charge on any atom is -0.159 e. The lowest BCUT2D eigenvalue weighted by Crippen LogP contribution is -1.85. The van der Waals surface area contributed by atoms with E-state index in [0.717, 1.165) is 11.3 Å². The van der Waals surface area contributed by atoms with Crippen molar-refractivity contribution in [1.82, 2.24) is 10.2 Å². The average Bonchev–Trinajstić information content (AvgIpc) is 2.39. The number of rotatable bonds is 1. The first-order chi connectivity index (χ1) is 7.93. The summed E-state index contributed by atoms with van der Waals surface area (Å²) in [7, 11) is 0. The first kappa shape index (κ1) is 9.04. The SMILES string of the molecule is c1cnnc(-c2ccc3ccccc3c2)c1. The van der Waals surface area contributed by atoms with Crippen LogP contribution in [0.25, 0.3) is 22.0 Å². The topological polar surface area (TPSA) is 25.8 Å². The Morgan fingerprint density at radius 3 is 2.44 bits per heavy atom. The van der Waals surface area contributed by atoms with Crippen molar-refractivity contribution in [3.63, 3.8) is 0 Å². The molecule has 0 saturated heterocycles. The Bertz CT molecular complexity index is 618. The molecular formula is C14H10N2. The summed E-state index contributed by atoms with van der Waals surface area (Å²) >= 11 is 0. The molecule has 3 rings (SSSR count). The summed E-state index contributed by atoms with van der Waals surface area (Å²) in [6.07, 6.45) is 1.69. The molecule has 0 saturated carbocycles. The Kier molecular flexibility index (Phi) is 2.11. The van der Waals surface area contributed by atoms with E-state index in [1.54, 1.807) is 6.20 Å². The molecule has 16 heavy (non-hydrogen) atoms. The van der Waals surface area contributed by atoms with Gasteiger partial charge in [-0.25, -0.2) is 0 Å². The maximum Gasteiger partial charge on any atom is 0.0929 e. The van der Waals surface area contributed by atoms with Gasteiger partial charge in [0, 0.05) is 11.8 Å². The standard InChI is InChI=1S/C14H10N2/c1-2-5-12-10-13(8-7-11(12)4-1)14-6-3-9-15-16-14/h1-10H. The lowest BCUT2D eigenvalue weighted by Gasteiger charge is -2.01. The molecule has 0 unspecified atom stereocenters. The summed E-state index contributed by atoms with van der Waals surface area (Å²) in [5.74, 6) is 0. The second kappa shape index (κ2) is 3.74. The van der Waals surface area contributed by atoms with Crippen LogP contribution in [0.1, 0.15) is 0 Å². The van der Waals surface area contributed by atoms with Crippen LogP contribution in [0.4, 0.5) is 0 Å². The number of aromatic nitrogens is 2. The second-order valence-corrected chi connectivity index (χ2v) is 3.67. The third-order valence-corrected chi connectivity index (χ3v) is 2.62. The van der Waals surface area contributed by atoms with E-state index in [1.807, 2.05) is 24.3 Å². The fourth-order valence-electron chi connectivity index (χ4n) is 1.80. The molecule has 2 nitrogen and oxygen atoms in total. The first-order valence-corrected chi connectivity index (χ1v) is 5.20. The molecule has 0 aliphatic rings. The number of nitrogens with zero attached hydrogens (tertiary/aromatic N) is 2. The van der Waals surface area contributed by atoms with Gasteiger partial charge in [0.25, 0.3) is 0 Å². The number of benzene rings is 2. The van der Waals surface area contributed by atoms with Gasteiger partial charge in [-0.2, -0.15) is 10.2 Å². The van der Waals surface area contributed by atoms with Crippen molar-refractivity contribution < 1.29 is 0 Å². The van der Waals surface area contributed by atoms with Crippen LogP contribution in [0.3, 0.4) is 0 Å². The minimum absolute atomic E-state index is 0.910. The Labute approximate surface area is 93.6 Å². The molecule has 0 fully saturated rings. The molecule has 0 radical (unpaired) electrons. The quantitative estimate of drug-likeness (QED) is 0.610. The Morgan fingerprint density at radius 2 is 1.62 bits per heavy atom. The molecule has 76 valence electrons. The van der Waals surface area contributed by atoms with E-state index in [0.29, 0.717) is 0 Å². The van der Waals surface area contributed by atoms with Crippen LogP contribution in [-0.2, 0) is 0 Å². The highest BCUT2D eigenvalue weighted by Crippen LogP contribution is 2.22. The normalized spacial score (nSPS) is 10.5. The highest BCUT2D eigenvalue weighted by Gasteiger charge is 1.99. The maximum absolute atomic E-state index is 4.11. The highest BCUT2D eigenvalue weighted by molar-refractivity contribution is 5.86. The summed E-state index contributed by atoms with van der Waals surface area (Å²) < 4.78 is 0. The van der Waals surface area contributed by atoms with Crippen molar-refractivity contribution >= 4 is 10.8 Å². The predicted octanol–water partition coefficient (Wildman–Crippen LogP) is 3.30. The summed E-state index contributed by atoms with van der Waals surface area (Å²) in [5, 5.41) is 10.5. The predicted molar refractivity (Wildman–Crippen MR) is 65.0 cm³/mol. The molecule has 0 amide bonds. The molecule has 1 aromatic heterocycles. The van der Waals surface area contributed by atoms with Gasteiger partial charge in [-0.05, 0) is 29.0 Å². The van der Waals surface area contributed by atoms with Gasteiger partial charge in [0.15, 0.2) is 0 Å². The van der Waals surface area contributed by atoms with Crippen molar-refractivity contribution in [3.8, 4) is 11.3 Å². The van der Waals surface area contributed by atoms with Gasteiger partial charge < -0.3 is 0 Å². The van der Waals surface area contributed by atoms with Gasteiger partial charge in [-0.15, -0.1) is 0 Å². The summed E-state index contributed by atoms with van der Waals surface area (Å²) in [5.41, 5.74) is 2.01. The molecule has 0 N–H and O–H groups in total. The molecule has 0 bridgehead atoms. The third kappa shape index (κ3) is 1.54. The van der Waals surface area contributed by atoms with Crippen LogP contribution < -0.4 is 0 Å². The lowest BCUT2D eigenvalue weighted by molar-refractivity contribution is 1.04. The summed E-state index contributed by atoms with van der Waals surface area (Å²) in [6, 6.07) is 18.5. The van der Waals surface area contributed by atoms with Crippen LogP contribution in [0, 0.1) is 0 Å². The molecule has 0 spiro atoms. The molecule has 0 aliphatic heterocycles. The Balaban J connectivity index is 2.19. The van der Waals surface area contributed by atoms with Gasteiger partial charge in [-0.1, -0.05) is 36.4 Å².